The second-order valence-electron chi connectivity index (χ2n) is 11.9. The largest absolute Gasteiger partial charge is 0.496 e. The second-order valence-corrected chi connectivity index (χ2v) is 11.9. The molecule has 2 saturated heterocycles. The number of ether oxygens (including phenoxy) is 2. The molecular formula is C34H43F3N4O3. The van der Waals surface area contributed by atoms with Gasteiger partial charge >= 0.3 is 6.18 Å². The van der Waals surface area contributed by atoms with E-state index in [1.165, 1.54) is 32.7 Å². The second kappa shape index (κ2) is 14.0. The molecule has 3 aromatic carbocycles. The van der Waals surface area contributed by atoms with Crippen molar-refractivity contribution in [3.05, 3.63) is 95.1 Å². The van der Waals surface area contributed by atoms with Gasteiger partial charge in [-0.3, -0.25) is 4.79 Å². The summed E-state index contributed by atoms with van der Waals surface area (Å²) in [6.07, 6.45) is -0.721. The van der Waals surface area contributed by atoms with E-state index in [1.807, 2.05) is 43.4 Å². The Morgan fingerprint density at radius 2 is 1.32 bits per heavy atom. The number of hydrogen-bond donors (Lipinski definition) is 2. The number of nitrogens with two attached hydrogens (primary N) is 1. The number of likely N-dealkylation sites (tertiary alicyclic amines) is 2. The van der Waals surface area contributed by atoms with Crippen molar-refractivity contribution in [2.24, 2.45) is 5.73 Å². The van der Waals surface area contributed by atoms with Crippen molar-refractivity contribution in [3.8, 4) is 11.5 Å². The number of nitrogens with zero attached hydrogens (tertiary/aromatic N) is 2. The van der Waals surface area contributed by atoms with Crippen LogP contribution in [0.25, 0.3) is 0 Å². The number of likely N-dealkylation sites (N-methyl/N-ethyl adjacent to an activating group) is 2. The quantitative estimate of drug-likeness (QED) is 0.375. The summed E-state index contributed by atoms with van der Waals surface area (Å²) in [6.45, 7) is 3.62. The summed E-state index contributed by atoms with van der Waals surface area (Å²) in [5, 5.41) is 3.08. The number of amides is 1. The summed E-state index contributed by atoms with van der Waals surface area (Å²) in [5.41, 5.74) is 6.83. The van der Waals surface area contributed by atoms with Crippen molar-refractivity contribution < 1.29 is 27.4 Å². The van der Waals surface area contributed by atoms with Gasteiger partial charge in [0.05, 0.1) is 30.9 Å². The van der Waals surface area contributed by atoms with Gasteiger partial charge in [0.15, 0.2) is 0 Å². The molecule has 0 saturated carbocycles. The third kappa shape index (κ3) is 7.72. The molecule has 238 valence electrons. The number of carbonyl (C=O) groups excluding carboxylic acids is 1. The van der Waals surface area contributed by atoms with Gasteiger partial charge in [-0.15, -0.1) is 0 Å². The Bertz CT molecular complexity index is 1360. The molecule has 0 radical (unpaired) electrons. The minimum absolute atomic E-state index is 0.0588. The highest BCUT2D eigenvalue weighted by molar-refractivity contribution is 6.00. The predicted octanol–water partition coefficient (Wildman–Crippen LogP) is 5.64. The maximum atomic E-state index is 13.3. The fraction of sp³-hybridized carbons (Fsp3) is 0.441. The highest BCUT2D eigenvalue weighted by Crippen LogP contribution is 2.39. The first kappa shape index (κ1) is 33.3. The van der Waals surface area contributed by atoms with Crippen LogP contribution in [0.2, 0.25) is 0 Å². The van der Waals surface area contributed by atoms with Crippen LogP contribution in [0.1, 0.15) is 52.7 Å². The molecule has 5 rings (SSSR count). The molecule has 2 heterocycles. The van der Waals surface area contributed by atoms with Gasteiger partial charge in [0.2, 0.25) is 0 Å². The number of halogens is 3. The van der Waals surface area contributed by atoms with Gasteiger partial charge in [0.1, 0.15) is 17.1 Å². The summed E-state index contributed by atoms with van der Waals surface area (Å²) in [7, 11) is 6.58. The number of benzene rings is 3. The van der Waals surface area contributed by atoms with Gasteiger partial charge in [0.25, 0.3) is 5.91 Å². The van der Waals surface area contributed by atoms with Crippen LogP contribution in [-0.2, 0) is 17.3 Å². The monoisotopic (exact) mass is 612 g/mol. The molecule has 10 heteroatoms. The van der Waals surface area contributed by atoms with Crippen molar-refractivity contribution in [2.75, 3.05) is 54.5 Å². The van der Waals surface area contributed by atoms with Crippen LogP contribution in [0.3, 0.4) is 0 Å². The Morgan fingerprint density at radius 3 is 1.80 bits per heavy atom. The average molecular weight is 613 g/mol. The first-order valence-corrected chi connectivity index (χ1v) is 14.8. The first-order chi connectivity index (χ1) is 20.9. The summed E-state index contributed by atoms with van der Waals surface area (Å²) in [5.74, 6) is -0.922. The van der Waals surface area contributed by atoms with E-state index < -0.39 is 23.2 Å². The Morgan fingerprint density at radius 1 is 0.818 bits per heavy atom. The lowest BCUT2D eigenvalue weighted by Crippen LogP contribution is -2.55. The van der Waals surface area contributed by atoms with Crippen LogP contribution in [-0.4, -0.2) is 70.2 Å². The van der Waals surface area contributed by atoms with Gasteiger partial charge in [-0.05, 0) is 76.1 Å². The van der Waals surface area contributed by atoms with E-state index in [-0.39, 0.29) is 22.6 Å². The van der Waals surface area contributed by atoms with E-state index in [0.717, 1.165) is 43.6 Å². The topological polar surface area (TPSA) is 80.1 Å². The summed E-state index contributed by atoms with van der Waals surface area (Å²) >= 11 is 0. The maximum Gasteiger partial charge on any atom is 0.416 e. The Labute approximate surface area is 258 Å². The molecule has 44 heavy (non-hydrogen) atoms. The zero-order valence-corrected chi connectivity index (χ0v) is 25.9. The van der Waals surface area contributed by atoms with Crippen LogP contribution in [0.15, 0.2) is 72.8 Å². The number of rotatable bonds is 6. The Balaban J connectivity index is 0.000000262. The molecule has 3 aromatic rings. The lowest BCUT2D eigenvalue weighted by atomic mass is 9.82. The molecule has 0 aromatic heterocycles. The van der Waals surface area contributed by atoms with E-state index in [4.69, 9.17) is 15.2 Å². The molecule has 3 N–H and O–H groups in total. The van der Waals surface area contributed by atoms with Crippen molar-refractivity contribution in [1.82, 2.24) is 15.1 Å². The number of alkyl halides is 3. The van der Waals surface area contributed by atoms with Crippen LogP contribution in [0, 0.1) is 0 Å². The van der Waals surface area contributed by atoms with Gasteiger partial charge in [-0.1, -0.05) is 60.7 Å². The van der Waals surface area contributed by atoms with Crippen molar-refractivity contribution in [3.63, 3.8) is 0 Å². The highest BCUT2D eigenvalue weighted by Gasteiger charge is 2.40. The minimum Gasteiger partial charge on any atom is -0.496 e. The van der Waals surface area contributed by atoms with Gasteiger partial charge in [0, 0.05) is 13.1 Å². The molecule has 7 nitrogen and oxygen atoms in total. The maximum absolute atomic E-state index is 13.3. The van der Waals surface area contributed by atoms with Crippen LogP contribution in [0.5, 0.6) is 11.5 Å². The SMILES string of the molecule is CN1CCCC(N)(c2ccccc2)C1.COc1cc(C(F)(F)F)cc(OC)c1C(=O)NC1(c2ccccc2)CCCN(C)C1. The van der Waals surface area contributed by atoms with E-state index in [1.54, 1.807) is 0 Å². The van der Waals surface area contributed by atoms with Gasteiger partial charge < -0.3 is 30.3 Å². The lowest BCUT2D eigenvalue weighted by Gasteiger charge is -2.42. The predicted molar refractivity (Wildman–Crippen MR) is 166 cm³/mol. The number of piperidine rings is 2. The van der Waals surface area contributed by atoms with E-state index in [9.17, 15) is 18.0 Å². The molecule has 0 bridgehead atoms. The Hall–Kier alpha value is -3.60. The normalized spacial score (nSPS) is 22.8. The van der Waals surface area contributed by atoms with Crippen LogP contribution < -0.4 is 20.5 Å². The van der Waals surface area contributed by atoms with Crippen molar-refractivity contribution >= 4 is 5.91 Å². The lowest BCUT2D eigenvalue weighted by molar-refractivity contribution is -0.137. The standard InChI is InChI=1S/C22H25F3N2O3.C12H18N2/c1-27-11-7-10-21(14-27,15-8-5-4-6-9-15)26-20(28)19-17(29-2)12-16(22(23,24)25)13-18(19)30-3;1-14-9-5-8-12(13,10-14)11-6-3-2-4-7-11/h4-6,8-9,12-13H,7,10-11,14H2,1-3H3,(H,26,28);2-4,6-7H,5,8-10,13H2,1H3. The van der Waals surface area contributed by atoms with Crippen LogP contribution >= 0.6 is 0 Å². The zero-order valence-electron chi connectivity index (χ0n) is 25.9. The minimum atomic E-state index is -4.59. The zero-order chi connectivity index (χ0) is 32.0. The van der Waals surface area contributed by atoms with Crippen LogP contribution in [0.4, 0.5) is 13.2 Å². The molecule has 2 aliphatic rings. The smallest absolute Gasteiger partial charge is 0.416 e. The molecule has 2 unspecified atom stereocenters. The number of hydrogen-bond acceptors (Lipinski definition) is 6. The Kier molecular flexibility index (Phi) is 10.6. The average Bonchev–Trinajstić information content (AvgIpc) is 3.01. The number of nitrogens with one attached hydrogen (secondary N) is 1. The van der Waals surface area contributed by atoms with E-state index >= 15 is 0 Å². The molecule has 0 aliphatic carbocycles. The molecule has 2 atom stereocenters. The third-order valence-corrected chi connectivity index (χ3v) is 8.49. The summed E-state index contributed by atoms with van der Waals surface area (Å²) < 4.78 is 50.0. The molecule has 2 fully saturated rings. The molecule has 2 aliphatic heterocycles. The molecule has 1 amide bonds. The number of methoxy groups -OCH3 is 2. The third-order valence-electron chi connectivity index (χ3n) is 8.49. The molecule has 0 spiro atoms. The van der Waals surface area contributed by atoms with Gasteiger partial charge in [-0.2, -0.15) is 13.2 Å². The first-order valence-electron chi connectivity index (χ1n) is 14.8. The van der Waals surface area contributed by atoms with Gasteiger partial charge in [-0.25, -0.2) is 0 Å². The van der Waals surface area contributed by atoms with Crippen molar-refractivity contribution in [1.29, 1.82) is 0 Å². The highest BCUT2D eigenvalue weighted by atomic mass is 19.4. The number of carbonyl (C=O) groups is 1. The van der Waals surface area contributed by atoms with E-state index in [0.29, 0.717) is 13.0 Å². The van der Waals surface area contributed by atoms with E-state index in [2.05, 4.69) is 46.4 Å². The summed E-state index contributed by atoms with van der Waals surface area (Å²) in [4.78, 5) is 17.8. The molecular weight excluding hydrogens is 569 g/mol. The fourth-order valence-electron chi connectivity index (χ4n) is 6.33. The summed E-state index contributed by atoms with van der Waals surface area (Å²) in [6, 6.07) is 21.7. The van der Waals surface area contributed by atoms with Crippen molar-refractivity contribution in [2.45, 2.75) is 42.9 Å². The fourth-order valence-corrected chi connectivity index (χ4v) is 6.33.